The Labute approximate surface area is 144 Å². The third-order valence-electron chi connectivity index (χ3n) is 4.26. The summed E-state index contributed by atoms with van der Waals surface area (Å²) >= 11 is 1.46. The van der Waals surface area contributed by atoms with Crippen LogP contribution < -0.4 is 0 Å². The Balaban J connectivity index is 1.57. The summed E-state index contributed by atoms with van der Waals surface area (Å²) in [5.41, 5.74) is 2.20. The maximum atomic E-state index is 12.8. The van der Waals surface area contributed by atoms with Gasteiger partial charge in [0.1, 0.15) is 5.76 Å². The first-order valence-corrected chi connectivity index (χ1v) is 8.96. The van der Waals surface area contributed by atoms with Gasteiger partial charge in [0, 0.05) is 18.7 Å². The van der Waals surface area contributed by atoms with Crippen molar-refractivity contribution in [2.24, 2.45) is 7.05 Å². The van der Waals surface area contributed by atoms with Crippen molar-refractivity contribution in [3.8, 4) is 0 Å². The average molecular weight is 341 g/mol. The largest absolute Gasteiger partial charge is 0.467 e. The summed E-state index contributed by atoms with van der Waals surface area (Å²) in [4.78, 5) is 15.4. The maximum Gasteiger partial charge on any atom is 0.264 e. The molecule has 0 aromatic carbocycles. The predicted octanol–water partition coefficient (Wildman–Crippen LogP) is 3.79. The summed E-state index contributed by atoms with van der Waals surface area (Å²) in [6, 6.07) is 9.62. The van der Waals surface area contributed by atoms with E-state index >= 15 is 0 Å². The van der Waals surface area contributed by atoms with Crippen molar-refractivity contribution in [2.75, 3.05) is 0 Å². The molecule has 24 heavy (non-hydrogen) atoms. The molecular weight excluding hydrogens is 322 g/mol. The van der Waals surface area contributed by atoms with E-state index in [9.17, 15) is 4.79 Å². The minimum atomic E-state index is 0.0139. The molecule has 124 valence electrons. The molecule has 0 atom stereocenters. The molecule has 0 unspecified atom stereocenters. The zero-order valence-electron chi connectivity index (χ0n) is 13.5. The highest BCUT2D eigenvalue weighted by Gasteiger charge is 2.28. The van der Waals surface area contributed by atoms with Crippen molar-refractivity contribution in [2.45, 2.75) is 31.8 Å². The van der Waals surface area contributed by atoms with Crippen molar-refractivity contribution >= 4 is 17.2 Å². The number of carbonyl (C=O) groups excluding carboxylic acids is 1. The molecule has 0 N–H and O–H groups in total. The van der Waals surface area contributed by atoms with Crippen molar-refractivity contribution < 1.29 is 9.21 Å². The summed E-state index contributed by atoms with van der Waals surface area (Å²) in [6.07, 6.45) is 4.11. The van der Waals surface area contributed by atoms with Gasteiger partial charge < -0.3 is 9.32 Å². The average Bonchev–Trinajstić information content (AvgIpc) is 2.98. The standard InChI is InChI=1S/C18H19N3O2S/c1-20-16(13-6-7-13)10-14(19-20)11-21(12-15-4-2-8-23-15)18(22)17-5-3-9-24-17/h2-5,8-10,13H,6-7,11-12H2,1H3. The highest BCUT2D eigenvalue weighted by molar-refractivity contribution is 7.12. The highest BCUT2D eigenvalue weighted by atomic mass is 32.1. The molecule has 1 fully saturated rings. The zero-order valence-corrected chi connectivity index (χ0v) is 14.3. The number of hydrogen-bond acceptors (Lipinski definition) is 4. The Hall–Kier alpha value is -2.34. The van der Waals surface area contributed by atoms with Gasteiger partial charge in [-0.2, -0.15) is 5.10 Å². The van der Waals surface area contributed by atoms with Crippen molar-refractivity contribution in [3.05, 3.63) is 64.0 Å². The van der Waals surface area contributed by atoms with Crippen LogP contribution in [-0.2, 0) is 20.1 Å². The molecule has 1 aliphatic carbocycles. The summed E-state index contributed by atoms with van der Waals surface area (Å²) in [5, 5.41) is 6.52. The van der Waals surface area contributed by atoms with E-state index in [2.05, 4.69) is 11.2 Å². The van der Waals surface area contributed by atoms with E-state index in [-0.39, 0.29) is 5.91 Å². The molecular formula is C18H19N3O2S. The Morgan fingerprint density at radius 1 is 1.38 bits per heavy atom. The topological polar surface area (TPSA) is 51.3 Å². The van der Waals surface area contributed by atoms with Gasteiger partial charge in [0.15, 0.2) is 0 Å². The number of amides is 1. The number of aromatic nitrogens is 2. The first-order chi connectivity index (χ1) is 11.7. The summed E-state index contributed by atoms with van der Waals surface area (Å²) < 4.78 is 7.38. The Morgan fingerprint density at radius 3 is 2.92 bits per heavy atom. The number of thiophene rings is 1. The lowest BCUT2D eigenvalue weighted by molar-refractivity contribution is 0.0720. The normalized spacial score (nSPS) is 14.0. The van der Waals surface area contributed by atoms with Crippen LogP contribution in [0.15, 0.2) is 46.4 Å². The van der Waals surface area contributed by atoms with Crippen molar-refractivity contribution in [1.82, 2.24) is 14.7 Å². The second kappa shape index (κ2) is 6.28. The van der Waals surface area contributed by atoms with Crippen LogP contribution >= 0.6 is 11.3 Å². The lowest BCUT2D eigenvalue weighted by Gasteiger charge is -2.20. The number of aryl methyl sites for hydroxylation is 1. The second-order valence-corrected chi connectivity index (χ2v) is 7.12. The molecule has 3 heterocycles. The number of furan rings is 1. The van der Waals surface area contributed by atoms with Gasteiger partial charge in [0.2, 0.25) is 0 Å². The molecule has 0 spiro atoms. The molecule has 0 bridgehead atoms. The maximum absolute atomic E-state index is 12.8. The van der Waals surface area contributed by atoms with E-state index in [0.29, 0.717) is 19.0 Å². The molecule has 0 saturated heterocycles. The van der Waals surface area contributed by atoms with E-state index < -0.39 is 0 Å². The first kappa shape index (κ1) is 15.2. The molecule has 6 heteroatoms. The van der Waals surface area contributed by atoms with Crippen molar-refractivity contribution in [3.63, 3.8) is 0 Å². The fourth-order valence-electron chi connectivity index (χ4n) is 2.92. The van der Waals surface area contributed by atoms with Crippen LogP contribution in [0.1, 0.15) is 45.6 Å². The van der Waals surface area contributed by atoms with Gasteiger partial charge in [-0.15, -0.1) is 11.3 Å². The lowest BCUT2D eigenvalue weighted by atomic mass is 10.2. The van der Waals surface area contributed by atoms with Crippen LogP contribution in [0.2, 0.25) is 0 Å². The third kappa shape index (κ3) is 3.14. The number of carbonyl (C=O) groups is 1. The van der Waals surface area contributed by atoms with Gasteiger partial charge in [0.25, 0.3) is 5.91 Å². The third-order valence-corrected chi connectivity index (χ3v) is 5.12. The van der Waals surface area contributed by atoms with E-state index in [0.717, 1.165) is 16.3 Å². The van der Waals surface area contributed by atoms with Crippen LogP contribution in [0.3, 0.4) is 0 Å². The zero-order chi connectivity index (χ0) is 16.5. The van der Waals surface area contributed by atoms with Crippen LogP contribution in [0, 0.1) is 0 Å². The summed E-state index contributed by atoms with van der Waals surface area (Å²) in [5.74, 6) is 1.43. The van der Waals surface area contributed by atoms with Crippen LogP contribution in [0.25, 0.3) is 0 Å². The fourth-order valence-corrected chi connectivity index (χ4v) is 3.61. The van der Waals surface area contributed by atoms with E-state index in [1.807, 2.05) is 41.4 Å². The van der Waals surface area contributed by atoms with Gasteiger partial charge in [-0.1, -0.05) is 6.07 Å². The SMILES string of the molecule is Cn1nc(CN(Cc2ccco2)C(=O)c2cccs2)cc1C1CC1. The monoisotopic (exact) mass is 341 g/mol. The van der Waals surface area contributed by atoms with Crippen LogP contribution in [0.4, 0.5) is 0 Å². The summed E-state index contributed by atoms with van der Waals surface area (Å²) in [7, 11) is 1.98. The molecule has 4 rings (SSSR count). The van der Waals surface area contributed by atoms with Gasteiger partial charge in [-0.3, -0.25) is 9.48 Å². The quantitative estimate of drug-likeness (QED) is 0.685. The van der Waals surface area contributed by atoms with E-state index in [1.54, 1.807) is 11.2 Å². The summed E-state index contributed by atoms with van der Waals surface area (Å²) in [6.45, 7) is 0.928. The van der Waals surface area contributed by atoms with E-state index in [1.165, 1.54) is 29.9 Å². The molecule has 3 aromatic heterocycles. The fraction of sp³-hybridized carbons (Fsp3) is 0.333. The number of nitrogens with zero attached hydrogens (tertiary/aromatic N) is 3. The van der Waals surface area contributed by atoms with Gasteiger partial charge in [-0.25, -0.2) is 0 Å². The first-order valence-electron chi connectivity index (χ1n) is 8.08. The van der Waals surface area contributed by atoms with Crippen LogP contribution in [-0.4, -0.2) is 20.6 Å². The highest BCUT2D eigenvalue weighted by Crippen LogP contribution is 2.40. The minimum Gasteiger partial charge on any atom is -0.467 e. The Morgan fingerprint density at radius 2 is 2.25 bits per heavy atom. The molecule has 5 nitrogen and oxygen atoms in total. The predicted molar refractivity (Wildman–Crippen MR) is 91.8 cm³/mol. The van der Waals surface area contributed by atoms with E-state index in [4.69, 9.17) is 4.42 Å². The second-order valence-electron chi connectivity index (χ2n) is 6.18. The lowest BCUT2D eigenvalue weighted by Crippen LogP contribution is -2.29. The van der Waals surface area contributed by atoms with Crippen molar-refractivity contribution in [1.29, 1.82) is 0 Å². The van der Waals surface area contributed by atoms with Gasteiger partial charge in [-0.05, 0) is 42.5 Å². The number of rotatable bonds is 6. The minimum absolute atomic E-state index is 0.0139. The number of hydrogen-bond donors (Lipinski definition) is 0. The molecule has 1 saturated carbocycles. The Kier molecular flexibility index (Phi) is 3.98. The Bertz CT molecular complexity index is 817. The van der Waals surface area contributed by atoms with Crippen LogP contribution in [0.5, 0.6) is 0 Å². The van der Waals surface area contributed by atoms with Gasteiger partial charge in [0.05, 0.1) is 29.9 Å². The smallest absolute Gasteiger partial charge is 0.264 e. The molecule has 1 amide bonds. The molecule has 0 aliphatic heterocycles. The molecule has 0 radical (unpaired) electrons. The van der Waals surface area contributed by atoms with Gasteiger partial charge >= 0.3 is 0 Å². The molecule has 1 aliphatic rings. The molecule has 3 aromatic rings.